The molecule has 30 heavy (non-hydrogen) atoms. The molecule has 0 bridgehead atoms. The molecule has 7 heteroatoms. The Bertz CT molecular complexity index is 997. The zero-order chi connectivity index (χ0) is 20.9. The number of pyridine rings is 1. The molecule has 1 fully saturated rings. The molecule has 1 saturated heterocycles. The quantitative estimate of drug-likeness (QED) is 0.653. The molecule has 2 aromatic heterocycles. The molecule has 4 rings (SSSR count). The highest BCUT2D eigenvalue weighted by Gasteiger charge is 2.23. The predicted molar refractivity (Wildman–Crippen MR) is 118 cm³/mol. The van der Waals surface area contributed by atoms with Crippen molar-refractivity contribution < 1.29 is 4.79 Å². The Kier molecular flexibility index (Phi) is 6.45. The molecular weight excluding hydrogens is 398 g/mol. The van der Waals surface area contributed by atoms with Gasteiger partial charge in [0, 0.05) is 42.6 Å². The van der Waals surface area contributed by atoms with Gasteiger partial charge in [-0.3, -0.25) is 4.79 Å². The number of rotatable bonds is 6. The van der Waals surface area contributed by atoms with Crippen molar-refractivity contribution in [3.05, 3.63) is 76.7 Å². The van der Waals surface area contributed by atoms with Gasteiger partial charge in [0.25, 0.3) is 5.91 Å². The summed E-state index contributed by atoms with van der Waals surface area (Å²) in [5.41, 5.74) is 2.65. The summed E-state index contributed by atoms with van der Waals surface area (Å²) in [4.78, 5) is 19.3. The number of hydrogen-bond donors (Lipinski definition) is 1. The summed E-state index contributed by atoms with van der Waals surface area (Å²) in [6.07, 6.45) is 5.63. The van der Waals surface area contributed by atoms with Gasteiger partial charge in [0.1, 0.15) is 0 Å². The van der Waals surface area contributed by atoms with Crippen LogP contribution in [0.25, 0.3) is 5.82 Å². The van der Waals surface area contributed by atoms with E-state index in [-0.39, 0.29) is 5.91 Å². The van der Waals surface area contributed by atoms with Crippen molar-refractivity contribution in [2.75, 3.05) is 19.6 Å². The highest BCUT2D eigenvalue weighted by atomic mass is 35.5. The van der Waals surface area contributed by atoms with Crippen LogP contribution in [0.15, 0.2) is 54.9 Å². The third-order valence-electron chi connectivity index (χ3n) is 5.59. The molecule has 0 radical (unpaired) electrons. The Morgan fingerprint density at radius 2 is 2.03 bits per heavy atom. The van der Waals surface area contributed by atoms with Crippen molar-refractivity contribution in [1.82, 2.24) is 25.0 Å². The molecule has 0 saturated carbocycles. The first-order chi connectivity index (χ1) is 14.6. The van der Waals surface area contributed by atoms with Gasteiger partial charge in [-0.25, -0.2) is 9.67 Å². The van der Waals surface area contributed by atoms with Gasteiger partial charge in [0.05, 0.1) is 5.69 Å². The number of carbonyl (C=O) groups excluding carboxylic acids is 1. The molecule has 0 atom stereocenters. The second kappa shape index (κ2) is 9.41. The minimum absolute atomic E-state index is 0.0722. The minimum atomic E-state index is 0.0722. The zero-order valence-electron chi connectivity index (χ0n) is 17.1. The third-order valence-corrected chi connectivity index (χ3v) is 6.00. The normalized spacial score (nSPS) is 14.8. The van der Waals surface area contributed by atoms with Gasteiger partial charge in [-0.15, -0.1) is 0 Å². The van der Waals surface area contributed by atoms with E-state index >= 15 is 0 Å². The van der Waals surface area contributed by atoms with Crippen LogP contribution in [0.4, 0.5) is 0 Å². The summed E-state index contributed by atoms with van der Waals surface area (Å²) in [6, 6.07) is 13.4. The Morgan fingerprint density at radius 3 is 2.77 bits per heavy atom. The second-order valence-corrected chi connectivity index (χ2v) is 8.18. The van der Waals surface area contributed by atoms with Crippen LogP contribution < -0.4 is 5.32 Å². The lowest BCUT2D eigenvalue weighted by molar-refractivity contribution is 0.0690. The van der Waals surface area contributed by atoms with E-state index < -0.39 is 0 Å². The number of piperidine rings is 1. The number of amides is 1. The van der Waals surface area contributed by atoms with Crippen molar-refractivity contribution in [2.45, 2.75) is 26.3 Å². The minimum Gasteiger partial charge on any atom is -0.339 e. The summed E-state index contributed by atoms with van der Waals surface area (Å²) >= 11 is 6.18. The average Bonchev–Trinajstić information content (AvgIpc) is 3.31. The van der Waals surface area contributed by atoms with E-state index in [9.17, 15) is 4.79 Å². The maximum Gasteiger partial charge on any atom is 0.253 e. The molecule has 3 heterocycles. The molecule has 1 N–H and O–H groups in total. The summed E-state index contributed by atoms with van der Waals surface area (Å²) in [5, 5.41) is 8.39. The van der Waals surface area contributed by atoms with Crippen molar-refractivity contribution >= 4 is 17.5 Å². The van der Waals surface area contributed by atoms with Crippen molar-refractivity contribution in [3.63, 3.8) is 0 Å². The Morgan fingerprint density at radius 1 is 1.20 bits per heavy atom. The molecule has 0 unspecified atom stereocenters. The zero-order valence-corrected chi connectivity index (χ0v) is 17.8. The highest BCUT2D eigenvalue weighted by Crippen LogP contribution is 2.21. The lowest BCUT2D eigenvalue weighted by atomic mass is 9.96. The molecule has 1 aliphatic heterocycles. The lowest BCUT2D eigenvalue weighted by Gasteiger charge is -2.32. The Balaban J connectivity index is 1.24. The van der Waals surface area contributed by atoms with Crippen LogP contribution in [0.5, 0.6) is 0 Å². The van der Waals surface area contributed by atoms with Crippen LogP contribution in [-0.2, 0) is 6.54 Å². The van der Waals surface area contributed by atoms with Crippen molar-refractivity contribution in [2.24, 2.45) is 5.92 Å². The molecule has 0 aliphatic carbocycles. The van der Waals surface area contributed by atoms with Gasteiger partial charge in [-0.05, 0) is 68.1 Å². The number of hydrogen-bond acceptors (Lipinski definition) is 4. The fraction of sp³-hybridized carbons (Fsp3) is 0.348. The number of nitrogens with one attached hydrogen (secondary N) is 1. The summed E-state index contributed by atoms with van der Waals surface area (Å²) < 4.78 is 1.76. The largest absolute Gasteiger partial charge is 0.339 e. The van der Waals surface area contributed by atoms with E-state index in [4.69, 9.17) is 11.6 Å². The lowest BCUT2D eigenvalue weighted by Crippen LogP contribution is -2.40. The van der Waals surface area contributed by atoms with Gasteiger partial charge in [0.15, 0.2) is 5.82 Å². The number of nitrogens with zero attached hydrogens (tertiary/aromatic N) is 4. The van der Waals surface area contributed by atoms with Crippen molar-refractivity contribution in [3.8, 4) is 5.82 Å². The average molecular weight is 424 g/mol. The monoisotopic (exact) mass is 423 g/mol. The molecule has 6 nitrogen and oxygen atoms in total. The first kappa shape index (κ1) is 20.6. The molecule has 156 valence electrons. The van der Waals surface area contributed by atoms with E-state index in [0.717, 1.165) is 56.1 Å². The second-order valence-electron chi connectivity index (χ2n) is 7.77. The Labute approximate surface area is 181 Å². The molecule has 3 aromatic rings. The smallest absolute Gasteiger partial charge is 0.253 e. The summed E-state index contributed by atoms with van der Waals surface area (Å²) in [6.45, 7) is 5.15. The molecule has 1 aromatic carbocycles. The number of halogens is 1. The number of benzene rings is 1. The maximum atomic E-state index is 12.7. The highest BCUT2D eigenvalue weighted by molar-refractivity contribution is 6.31. The van der Waals surface area contributed by atoms with Gasteiger partial charge < -0.3 is 10.2 Å². The SMILES string of the molecule is Cc1ccc(C(=O)N2CCC(CNCc3cccc(-n4cccn4)n3)CC2)cc1Cl. The van der Waals surface area contributed by atoms with Crippen LogP contribution in [0.1, 0.15) is 34.5 Å². The van der Waals surface area contributed by atoms with Gasteiger partial charge in [-0.1, -0.05) is 23.7 Å². The van der Waals surface area contributed by atoms with Crippen LogP contribution >= 0.6 is 11.6 Å². The van der Waals surface area contributed by atoms with Crippen LogP contribution in [0, 0.1) is 12.8 Å². The maximum absolute atomic E-state index is 12.7. The number of likely N-dealkylation sites (tertiary alicyclic amines) is 1. The van der Waals surface area contributed by atoms with Crippen LogP contribution in [0.2, 0.25) is 5.02 Å². The van der Waals surface area contributed by atoms with E-state index in [1.807, 2.05) is 54.4 Å². The predicted octanol–water partition coefficient (Wildman–Crippen LogP) is 3.87. The topological polar surface area (TPSA) is 63.1 Å². The first-order valence-electron chi connectivity index (χ1n) is 10.3. The molecule has 0 spiro atoms. The van der Waals surface area contributed by atoms with E-state index in [1.54, 1.807) is 16.9 Å². The standard InChI is InChI=1S/C23H26ClN5O/c1-17-6-7-19(14-21(17)24)23(30)28-12-8-18(9-13-28)15-25-16-20-4-2-5-22(27-20)29-11-3-10-26-29/h2-7,10-11,14,18,25H,8-9,12-13,15-16H2,1H3. The first-order valence-corrected chi connectivity index (χ1v) is 10.7. The van der Waals surface area contributed by atoms with Gasteiger partial charge in [0.2, 0.25) is 0 Å². The van der Waals surface area contributed by atoms with Gasteiger partial charge in [-0.2, -0.15) is 5.10 Å². The van der Waals surface area contributed by atoms with E-state index in [2.05, 4.69) is 15.4 Å². The molecule has 1 amide bonds. The van der Waals surface area contributed by atoms with E-state index in [0.29, 0.717) is 16.5 Å². The third kappa shape index (κ3) is 4.89. The van der Waals surface area contributed by atoms with Crippen LogP contribution in [-0.4, -0.2) is 45.2 Å². The number of carbonyl (C=O) groups is 1. The molecule has 1 aliphatic rings. The fourth-order valence-corrected chi connectivity index (χ4v) is 3.93. The number of aryl methyl sites for hydroxylation is 1. The van der Waals surface area contributed by atoms with Gasteiger partial charge >= 0.3 is 0 Å². The Hall–Kier alpha value is -2.70. The van der Waals surface area contributed by atoms with Crippen LogP contribution in [0.3, 0.4) is 0 Å². The fourth-order valence-electron chi connectivity index (χ4n) is 3.75. The van der Waals surface area contributed by atoms with Crippen molar-refractivity contribution in [1.29, 1.82) is 0 Å². The summed E-state index contributed by atoms with van der Waals surface area (Å²) in [5.74, 6) is 1.45. The summed E-state index contributed by atoms with van der Waals surface area (Å²) in [7, 11) is 0. The molecular formula is C23H26ClN5O. The van der Waals surface area contributed by atoms with E-state index in [1.165, 1.54) is 0 Å². The number of aromatic nitrogens is 3.